The molecule has 0 unspecified atom stereocenters. The highest BCUT2D eigenvalue weighted by Crippen LogP contribution is 2.39. The van der Waals surface area contributed by atoms with Crippen molar-refractivity contribution in [3.05, 3.63) is 0 Å². The van der Waals surface area contributed by atoms with Crippen molar-refractivity contribution in [2.75, 3.05) is 24.2 Å². The highest BCUT2D eigenvalue weighted by atomic mass is 127. The van der Waals surface area contributed by atoms with Crippen molar-refractivity contribution in [1.29, 1.82) is 0 Å². The van der Waals surface area contributed by atoms with Gasteiger partial charge < -0.3 is 9.47 Å². The first-order chi connectivity index (χ1) is 5.85. The van der Waals surface area contributed by atoms with Gasteiger partial charge in [-0.15, -0.1) is 0 Å². The second-order valence-electron chi connectivity index (χ2n) is 3.95. The Bertz CT molecular complexity index is 155. The van der Waals surface area contributed by atoms with Gasteiger partial charge in [0, 0.05) is 16.4 Å². The average molecular weight is 282 g/mol. The summed E-state index contributed by atoms with van der Waals surface area (Å²) in [6.45, 7) is 2.82. The van der Waals surface area contributed by atoms with Gasteiger partial charge in [-0.1, -0.05) is 22.6 Å². The fourth-order valence-corrected chi connectivity index (χ4v) is 2.75. The summed E-state index contributed by atoms with van der Waals surface area (Å²) in [6.07, 6.45) is 4.24. The Hall–Kier alpha value is 0.650. The molecule has 2 aliphatic rings. The maximum Gasteiger partial charge on any atom is 0.0671 e. The summed E-state index contributed by atoms with van der Waals surface area (Å²) < 4.78 is 12.4. The lowest BCUT2D eigenvalue weighted by Crippen LogP contribution is -2.32. The lowest BCUT2D eigenvalue weighted by molar-refractivity contribution is -0.0132. The van der Waals surface area contributed by atoms with Crippen LogP contribution in [0.5, 0.6) is 0 Å². The molecule has 70 valence electrons. The number of hydrogen-bond donors (Lipinski definition) is 0. The van der Waals surface area contributed by atoms with Gasteiger partial charge in [-0.3, -0.25) is 0 Å². The van der Waals surface area contributed by atoms with Crippen LogP contribution in [0.25, 0.3) is 0 Å². The Balaban J connectivity index is 1.94. The molecule has 0 aromatic rings. The van der Waals surface area contributed by atoms with Gasteiger partial charge in [0.05, 0.1) is 19.3 Å². The Morgan fingerprint density at radius 1 is 1.42 bits per heavy atom. The zero-order valence-electron chi connectivity index (χ0n) is 7.22. The van der Waals surface area contributed by atoms with E-state index in [0.29, 0.717) is 11.5 Å². The third kappa shape index (κ3) is 1.77. The fourth-order valence-electron chi connectivity index (χ4n) is 2.18. The van der Waals surface area contributed by atoms with Crippen LogP contribution in [0.3, 0.4) is 0 Å². The minimum Gasteiger partial charge on any atom is -0.381 e. The zero-order valence-corrected chi connectivity index (χ0v) is 9.38. The van der Waals surface area contributed by atoms with E-state index in [-0.39, 0.29) is 0 Å². The van der Waals surface area contributed by atoms with Crippen molar-refractivity contribution in [3.8, 4) is 0 Å². The maximum atomic E-state index is 5.71. The summed E-state index contributed by atoms with van der Waals surface area (Å²) in [5.41, 5.74) is 0.397. The second-order valence-corrected chi connectivity index (χ2v) is 4.83. The van der Waals surface area contributed by atoms with Crippen LogP contribution in [0.1, 0.15) is 19.3 Å². The molecule has 2 aliphatic heterocycles. The molecular formula is C9H15IO2. The van der Waals surface area contributed by atoms with Gasteiger partial charge in [0.1, 0.15) is 0 Å². The monoisotopic (exact) mass is 282 g/mol. The van der Waals surface area contributed by atoms with Crippen molar-refractivity contribution in [1.82, 2.24) is 0 Å². The van der Waals surface area contributed by atoms with Crippen LogP contribution in [0, 0.1) is 5.41 Å². The molecule has 0 aliphatic carbocycles. The molecule has 2 nitrogen and oxygen atoms in total. The molecule has 0 saturated carbocycles. The summed E-state index contributed by atoms with van der Waals surface area (Å²) in [6, 6.07) is 0. The summed E-state index contributed by atoms with van der Waals surface area (Å²) in [5.74, 6) is 0. The first kappa shape index (κ1) is 9.21. The van der Waals surface area contributed by atoms with Crippen molar-refractivity contribution in [3.63, 3.8) is 0 Å². The van der Waals surface area contributed by atoms with Crippen LogP contribution < -0.4 is 0 Å². The van der Waals surface area contributed by atoms with Crippen molar-refractivity contribution in [2.24, 2.45) is 5.41 Å². The van der Waals surface area contributed by atoms with Crippen LogP contribution >= 0.6 is 22.6 Å². The molecule has 0 radical (unpaired) electrons. The van der Waals surface area contributed by atoms with E-state index in [2.05, 4.69) is 22.6 Å². The average Bonchev–Trinajstić information content (AvgIpc) is 2.50. The van der Waals surface area contributed by atoms with Gasteiger partial charge in [-0.25, -0.2) is 0 Å². The van der Waals surface area contributed by atoms with Crippen LogP contribution in [-0.4, -0.2) is 30.4 Å². The fraction of sp³-hybridized carbons (Fsp3) is 1.00. The van der Waals surface area contributed by atoms with E-state index in [0.717, 1.165) is 24.2 Å². The minimum absolute atomic E-state index is 0.397. The molecule has 0 N–H and O–H groups in total. The van der Waals surface area contributed by atoms with Gasteiger partial charge in [0.2, 0.25) is 0 Å². The zero-order chi connectivity index (χ0) is 8.44. The van der Waals surface area contributed by atoms with Crippen molar-refractivity contribution >= 4 is 22.6 Å². The predicted octanol–water partition coefficient (Wildman–Crippen LogP) is 2.01. The molecule has 2 rings (SSSR count). The Morgan fingerprint density at radius 2 is 2.33 bits per heavy atom. The summed E-state index contributed by atoms with van der Waals surface area (Å²) in [4.78, 5) is 0. The molecule has 2 atom stereocenters. The highest BCUT2D eigenvalue weighted by Gasteiger charge is 2.41. The van der Waals surface area contributed by atoms with Crippen LogP contribution in [0.15, 0.2) is 0 Å². The molecular weight excluding hydrogens is 267 g/mol. The molecule has 2 heterocycles. The van der Waals surface area contributed by atoms with Gasteiger partial charge >= 0.3 is 0 Å². The topological polar surface area (TPSA) is 18.5 Å². The normalized spacial score (nSPS) is 42.2. The largest absolute Gasteiger partial charge is 0.381 e. The molecule has 0 aromatic heterocycles. The first-order valence-corrected chi connectivity index (χ1v) is 6.13. The van der Waals surface area contributed by atoms with Gasteiger partial charge in [-0.05, 0) is 19.3 Å². The van der Waals surface area contributed by atoms with E-state index in [9.17, 15) is 0 Å². The maximum absolute atomic E-state index is 5.71. The molecule has 2 saturated heterocycles. The standard InChI is InChI=1S/C9H15IO2/c10-5-8-4-9(7-12-8)2-1-3-11-6-9/h8H,1-7H2/t8-,9+/m0/s1. The Morgan fingerprint density at radius 3 is 2.92 bits per heavy atom. The Kier molecular flexibility index (Phi) is 2.92. The summed E-state index contributed by atoms with van der Waals surface area (Å²) in [5, 5.41) is 0. The quantitative estimate of drug-likeness (QED) is 0.541. The van der Waals surface area contributed by atoms with E-state index in [1.165, 1.54) is 19.3 Å². The third-order valence-corrected chi connectivity index (χ3v) is 3.84. The smallest absolute Gasteiger partial charge is 0.0671 e. The SMILES string of the molecule is IC[C@@H]1C[C@@]2(CCCOC2)CO1. The number of alkyl halides is 1. The van der Waals surface area contributed by atoms with Crippen LogP contribution in [-0.2, 0) is 9.47 Å². The van der Waals surface area contributed by atoms with E-state index in [4.69, 9.17) is 9.47 Å². The number of hydrogen-bond acceptors (Lipinski definition) is 2. The predicted molar refractivity (Wildman–Crippen MR) is 55.7 cm³/mol. The van der Waals surface area contributed by atoms with E-state index in [1.807, 2.05) is 0 Å². The van der Waals surface area contributed by atoms with Crippen LogP contribution in [0.4, 0.5) is 0 Å². The molecule has 0 amide bonds. The van der Waals surface area contributed by atoms with Crippen molar-refractivity contribution in [2.45, 2.75) is 25.4 Å². The molecule has 2 fully saturated rings. The molecule has 1 spiro atoms. The molecule has 3 heteroatoms. The van der Waals surface area contributed by atoms with E-state index < -0.39 is 0 Å². The van der Waals surface area contributed by atoms with E-state index >= 15 is 0 Å². The number of ether oxygens (including phenoxy) is 2. The molecule has 0 bridgehead atoms. The first-order valence-electron chi connectivity index (χ1n) is 4.60. The molecule has 12 heavy (non-hydrogen) atoms. The van der Waals surface area contributed by atoms with Crippen molar-refractivity contribution < 1.29 is 9.47 Å². The number of halogens is 1. The lowest BCUT2D eigenvalue weighted by Gasteiger charge is -2.31. The second kappa shape index (κ2) is 3.80. The van der Waals surface area contributed by atoms with Gasteiger partial charge in [0.25, 0.3) is 0 Å². The lowest BCUT2D eigenvalue weighted by atomic mass is 9.81. The summed E-state index contributed by atoms with van der Waals surface area (Å²) >= 11 is 2.40. The molecule has 0 aromatic carbocycles. The third-order valence-electron chi connectivity index (χ3n) is 2.86. The van der Waals surface area contributed by atoms with Gasteiger partial charge in [-0.2, -0.15) is 0 Å². The summed E-state index contributed by atoms with van der Waals surface area (Å²) in [7, 11) is 0. The highest BCUT2D eigenvalue weighted by molar-refractivity contribution is 14.1. The van der Waals surface area contributed by atoms with Gasteiger partial charge in [0.15, 0.2) is 0 Å². The number of rotatable bonds is 1. The Labute approximate surface area is 87.1 Å². The van der Waals surface area contributed by atoms with Crippen LogP contribution in [0.2, 0.25) is 0 Å². The van der Waals surface area contributed by atoms with E-state index in [1.54, 1.807) is 0 Å². The minimum atomic E-state index is 0.397.